The van der Waals surface area contributed by atoms with Crippen molar-refractivity contribution in [2.45, 2.75) is 108 Å². The van der Waals surface area contributed by atoms with Gasteiger partial charge in [0.15, 0.2) is 17.5 Å². The van der Waals surface area contributed by atoms with Crippen LogP contribution in [0.25, 0.3) is 0 Å². The lowest BCUT2D eigenvalue weighted by molar-refractivity contribution is -0.346. The highest BCUT2D eigenvalue weighted by atomic mass is 16.6. The average Bonchev–Trinajstić information content (AvgIpc) is 3.69. The van der Waals surface area contributed by atoms with Crippen molar-refractivity contribution in [2.75, 3.05) is 6.61 Å². The molecule has 320 valence electrons. The van der Waals surface area contributed by atoms with Crippen LogP contribution in [0.15, 0.2) is 107 Å². The first-order valence-electron chi connectivity index (χ1n) is 20.4. The lowest BCUT2D eigenvalue weighted by atomic mass is 9.44. The maximum atomic E-state index is 15.5. The SMILES string of the molecule is CC(=O)O[C@H]1C(=O)[C@@]2(C)C(C(OC(=O)c3ccccc3)[C@]3(O)CC(OC(=O)C4OC(c5ccccc5)=NC4c4ccccc4)C(C)=C1C3(C)C)[C@]1(OC(C)=O)CO[C@@H]1C[C@@H]2O. The Morgan fingerprint density at radius 3 is 2.05 bits per heavy atom. The zero-order valence-corrected chi connectivity index (χ0v) is 34.7. The van der Waals surface area contributed by atoms with Gasteiger partial charge in [0.2, 0.25) is 12.0 Å². The van der Waals surface area contributed by atoms with Crippen LogP contribution in [-0.4, -0.2) is 100 Å². The van der Waals surface area contributed by atoms with E-state index in [0.29, 0.717) is 16.7 Å². The van der Waals surface area contributed by atoms with Crippen molar-refractivity contribution in [1.82, 2.24) is 0 Å². The Morgan fingerprint density at radius 1 is 0.836 bits per heavy atom. The summed E-state index contributed by atoms with van der Waals surface area (Å²) in [5.74, 6) is -5.38. The molecule has 8 rings (SSSR count). The normalized spacial score (nSPS) is 34.8. The van der Waals surface area contributed by atoms with E-state index >= 15 is 4.79 Å². The molecule has 0 spiro atoms. The summed E-state index contributed by atoms with van der Waals surface area (Å²) < 4.78 is 37.0. The van der Waals surface area contributed by atoms with Crippen LogP contribution in [0.2, 0.25) is 0 Å². The van der Waals surface area contributed by atoms with Crippen LogP contribution in [0.3, 0.4) is 0 Å². The molecule has 3 aliphatic carbocycles. The zero-order chi connectivity index (χ0) is 43.6. The molecule has 0 radical (unpaired) electrons. The first-order valence-corrected chi connectivity index (χ1v) is 20.4. The monoisotopic (exact) mass is 835 g/mol. The minimum absolute atomic E-state index is 0.0913. The number of benzene rings is 3. The molecule has 1 saturated heterocycles. The average molecular weight is 836 g/mol. The van der Waals surface area contributed by atoms with Crippen LogP contribution in [0.1, 0.15) is 81.9 Å². The minimum atomic E-state index is -2.30. The fraction of sp³-hybridized carbons (Fsp3) is 0.447. The highest BCUT2D eigenvalue weighted by molar-refractivity contribution is 5.98. The molecule has 5 unspecified atom stereocenters. The lowest BCUT2D eigenvalue weighted by Gasteiger charge is -2.67. The van der Waals surface area contributed by atoms with E-state index in [1.54, 1.807) is 51.1 Å². The first kappa shape index (κ1) is 42.0. The summed E-state index contributed by atoms with van der Waals surface area (Å²) in [5.41, 5.74) is -5.80. The van der Waals surface area contributed by atoms with Gasteiger partial charge in [0.25, 0.3) is 0 Å². The smallest absolute Gasteiger partial charge is 0.350 e. The number of hydrogen-bond acceptors (Lipinski definition) is 14. The number of aliphatic hydroxyl groups excluding tert-OH is 1. The zero-order valence-electron chi connectivity index (χ0n) is 34.7. The van der Waals surface area contributed by atoms with Gasteiger partial charge in [0, 0.05) is 37.7 Å². The molecule has 14 heteroatoms. The van der Waals surface area contributed by atoms with Gasteiger partial charge in [-0.1, -0.05) is 80.6 Å². The molecule has 2 saturated carbocycles. The molecule has 3 aromatic carbocycles. The Hall–Kier alpha value is -5.70. The topological polar surface area (TPSA) is 194 Å². The maximum Gasteiger partial charge on any atom is 0.350 e. The Bertz CT molecular complexity index is 2310. The molecule has 14 nitrogen and oxygen atoms in total. The summed E-state index contributed by atoms with van der Waals surface area (Å²) in [6.07, 6.45) is -9.21. The van der Waals surface area contributed by atoms with Gasteiger partial charge in [-0.25, -0.2) is 14.6 Å². The number of rotatable bonds is 8. The number of ether oxygens (including phenoxy) is 6. The Morgan fingerprint density at radius 2 is 1.46 bits per heavy atom. The highest BCUT2D eigenvalue weighted by Crippen LogP contribution is 2.64. The summed E-state index contributed by atoms with van der Waals surface area (Å²) in [4.78, 5) is 75.3. The minimum Gasteiger partial charge on any atom is -0.459 e. The van der Waals surface area contributed by atoms with Crippen LogP contribution in [0.4, 0.5) is 0 Å². The molecule has 2 bridgehead atoms. The van der Waals surface area contributed by atoms with Crippen molar-refractivity contribution < 1.29 is 62.6 Å². The fourth-order valence-corrected chi connectivity index (χ4v) is 10.4. The molecule has 2 N–H and O–H groups in total. The van der Waals surface area contributed by atoms with Crippen molar-refractivity contribution in [3.8, 4) is 0 Å². The number of aliphatic imine (C=N–C) groups is 1. The van der Waals surface area contributed by atoms with Gasteiger partial charge in [-0.15, -0.1) is 0 Å². The summed E-state index contributed by atoms with van der Waals surface area (Å²) in [6.45, 7) is 8.36. The summed E-state index contributed by atoms with van der Waals surface area (Å²) in [7, 11) is 0. The van der Waals surface area contributed by atoms with E-state index in [2.05, 4.69) is 0 Å². The molecule has 61 heavy (non-hydrogen) atoms. The predicted molar refractivity (Wildman–Crippen MR) is 216 cm³/mol. The predicted octanol–water partition coefficient (Wildman–Crippen LogP) is 4.79. The molecule has 11 atom stereocenters. The molecule has 5 aliphatic rings. The fourth-order valence-electron chi connectivity index (χ4n) is 10.4. The second kappa shape index (κ2) is 15.3. The third-order valence-electron chi connectivity index (χ3n) is 13.6. The van der Waals surface area contributed by atoms with Crippen LogP contribution >= 0.6 is 0 Å². The van der Waals surface area contributed by atoms with Crippen LogP contribution < -0.4 is 0 Å². The number of aliphatic hydroxyl groups is 2. The lowest BCUT2D eigenvalue weighted by Crippen LogP contribution is -2.82. The number of fused-ring (bicyclic) bond motifs is 5. The standard InChI is InChI=1S/C47H49NO13/c1-25-31(58-43(54)37-35(28-16-10-7-11-17-28)48-41(59-37)29-18-12-8-13-19-29)23-47(55)40(60-42(53)30-20-14-9-15-21-30)38-45(6,32(51)22-33-46(38,24-56-33)61-27(3)50)39(52)36(57-26(2)49)34(25)44(47,4)5/h7-21,31-33,35-38,40,51,55H,22-24H2,1-6H3/t31?,32-,33+,35?,36+,37?,38?,40?,45+,46-,47+/m0/s1. The molecule has 0 aromatic heterocycles. The van der Waals surface area contributed by atoms with Gasteiger partial charge in [0.1, 0.15) is 30.0 Å². The van der Waals surface area contributed by atoms with E-state index in [-0.39, 0.29) is 30.1 Å². The van der Waals surface area contributed by atoms with Crippen molar-refractivity contribution in [1.29, 1.82) is 0 Å². The van der Waals surface area contributed by atoms with E-state index in [1.807, 2.05) is 48.5 Å². The molecule has 0 amide bonds. The number of ketones is 1. The summed E-state index contributed by atoms with van der Waals surface area (Å²) in [5, 5.41) is 25.8. The van der Waals surface area contributed by atoms with E-state index < -0.39 is 107 Å². The van der Waals surface area contributed by atoms with Crippen molar-refractivity contribution in [2.24, 2.45) is 21.7 Å². The number of carbonyl (C=O) groups is 5. The van der Waals surface area contributed by atoms with E-state index in [0.717, 1.165) is 6.92 Å². The molecular formula is C47H49NO13. The third kappa shape index (κ3) is 6.66. The number of carbonyl (C=O) groups excluding carboxylic acids is 5. The third-order valence-corrected chi connectivity index (χ3v) is 13.6. The van der Waals surface area contributed by atoms with Crippen LogP contribution in [0, 0.1) is 16.7 Å². The van der Waals surface area contributed by atoms with Gasteiger partial charge in [-0.2, -0.15) is 0 Å². The first-order chi connectivity index (χ1) is 28.9. The van der Waals surface area contributed by atoms with Crippen LogP contribution in [0.5, 0.6) is 0 Å². The molecule has 3 aromatic rings. The van der Waals surface area contributed by atoms with Gasteiger partial charge < -0.3 is 38.6 Å². The summed E-state index contributed by atoms with van der Waals surface area (Å²) in [6, 6.07) is 25.3. The van der Waals surface area contributed by atoms with Gasteiger partial charge in [-0.05, 0) is 54.8 Å². The number of hydrogen-bond donors (Lipinski definition) is 2. The molecule has 2 heterocycles. The van der Waals surface area contributed by atoms with E-state index in [4.69, 9.17) is 33.4 Å². The van der Waals surface area contributed by atoms with Crippen molar-refractivity contribution in [3.05, 3.63) is 119 Å². The quantitative estimate of drug-likeness (QED) is 0.179. The Labute approximate surface area is 352 Å². The second-order valence-corrected chi connectivity index (χ2v) is 17.4. The largest absolute Gasteiger partial charge is 0.459 e. The molecule has 2 aliphatic heterocycles. The number of nitrogens with zero attached hydrogens (tertiary/aromatic N) is 1. The molecular weight excluding hydrogens is 787 g/mol. The summed E-state index contributed by atoms with van der Waals surface area (Å²) >= 11 is 0. The van der Waals surface area contributed by atoms with Crippen molar-refractivity contribution in [3.63, 3.8) is 0 Å². The Kier molecular flexibility index (Phi) is 10.6. The highest BCUT2D eigenvalue weighted by Gasteiger charge is 2.78. The van der Waals surface area contributed by atoms with E-state index in [1.165, 1.54) is 26.0 Å². The van der Waals surface area contributed by atoms with Gasteiger partial charge >= 0.3 is 23.9 Å². The molecule has 3 fully saturated rings. The van der Waals surface area contributed by atoms with E-state index in [9.17, 15) is 29.4 Å². The van der Waals surface area contributed by atoms with Crippen LogP contribution in [-0.2, 0) is 47.6 Å². The Balaban J connectivity index is 1.29. The van der Waals surface area contributed by atoms with Gasteiger partial charge in [-0.3, -0.25) is 14.4 Å². The van der Waals surface area contributed by atoms with Crippen molar-refractivity contribution >= 4 is 35.6 Å². The maximum absolute atomic E-state index is 15.5. The van der Waals surface area contributed by atoms with Gasteiger partial charge in [0.05, 0.1) is 29.6 Å². The number of esters is 4. The number of Topliss-reactive ketones (excluding diaryl/α,β-unsaturated/α-hetero) is 1. The second-order valence-electron chi connectivity index (χ2n) is 17.4.